The zero-order chi connectivity index (χ0) is 14.4. The van der Waals surface area contributed by atoms with E-state index in [0.717, 1.165) is 9.78 Å². The van der Waals surface area contributed by atoms with Gasteiger partial charge in [-0.2, -0.15) is 0 Å². The van der Waals surface area contributed by atoms with E-state index >= 15 is 0 Å². The van der Waals surface area contributed by atoms with Crippen LogP contribution in [0.25, 0.3) is 0 Å². The quantitative estimate of drug-likeness (QED) is 0.838. The number of nitrogens with zero attached hydrogens (tertiary/aromatic N) is 2. The Morgan fingerprint density at radius 2 is 2.26 bits per heavy atom. The summed E-state index contributed by atoms with van der Waals surface area (Å²) in [5.74, 6) is 1.22. The molecule has 0 bridgehead atoms. The molecule has 5 nitrogen and oxygen atoms in total. The van der Waals surface area contributed by atoms with Crippen LogP contribution in [0.15, 0.2) is 17.5 Å². The maximum atomic E-state index is 12.2. The highest BCUT2D eigenvalue weighted by Crippen LogP contribution is 2.24. The van der Waals surface area contributed by atoms with Crippen LogP contribution >= 0.6 is 11.3 Å². The fraction of sp³-hybridized carbons (Fsp3) is 0.385. The largest absolute Gasteiger partial charge is 0.480 e. The lowest BCUT2D eigenvalue weighted by Gasteiger charge is -2.29. The summed E-state index contributed by atoms with van der Waals surface area (Å²) >= 11 is 1.55. The van der Waals surface area contributed by atoms with Gasteiger partial charge in [0, 0.05) is 11.9 Å². The van der Waals surface area contributed by atoms with E-state index in [4.69, 9.17) is 11.5 Å². The van der Waals surface area contributed by atoms with Gasteiger partial charge in [0.15, 0.2) is 0 Å². The number of terminal acetylenes is 1. The van der Waals surface area contributed by atoms with Crippen molar-refractivity contribution >= 4 is 23.3 Å². The summed E-state index contributed by atoms with van der Waals surface area (Å²) in [7, 11) is 1.64. The number of rotatable bonds is 5. The first-order valence-corrected chi connectivity index (χ1v) is 6.55. The lowest BCUT2D eigenvalue weighted by molar-refractivity contribution is -0.137. The van der Waals surface area contributed by atoms with Gasteiger partial charge in [-0.15, -0.1) is 17.8 Å². The van der Waals surface area contributed by atoms with E-state index in [9.17, 15) is 9.59 Å². The molecule has 0 spiro atoms. The summed E-state index contributed by atoms with van der Waals surface area (Å²) in [6.45, 7) is 1.47. The molecule has 0 aliphatic carbocycles. The van der Waals surface area contributed by atoms with Gasteiger partial charge in [-0.25, -0.2) is 4.79 Å². The van der Waals surface area contributed by atoms with Crippen molar-refractivity contribution in [3.8, 4) is 12.3 Å². The van der Waals surface area contributed by atoms with Crippen molar-refractivity contribution in [3.05, 3.63) is 22.4 Å². The molecule has 0 saturated heterocycles. The average Bonchev–Trinajstić information content (AvgIpc) is 2.89. The fourth-order valence-corrected chi connectivity index (χ4v) is 2.40. The number of carboxylic acids is 1. The molecular weight excluding hydrogens is 264 g/mol. The lowest BCUT2D eigenvalue weighted by atomic mass is 10.2. The number of aliphatic carboxylic acids is 1. The molecule has 2 amide bonds. The first-order valence-electron chi connectivity index (χ1n) is 5.67. The number of hydrogen-bond donors (Lipinski definition) is 1. The maximum absolute atomic E-state index is 12.2. The Hall–Kier alpha value is -2.00. The summed E-state index contributed by atoms with van der Waals surface area (Å²) in [5, 5.41) is 10.7. The number of amides is 2. The van der Waals surface area contributed by atoms with E-state index in [-0.39, 0.29) is 18.6 Å². The second-order valence-electron chi connectivity index (χ2n) is 4.04. The third kappa shape index (κ3) is 4.00. The van der Waals surface area contributed by atoms with Crippen molar-refractivity contribution in [2.24, 2.45) is 0 Å². The first kappa shape index (κ1) is 15.1. The van der Waals surface area contributed by atoms with Gasteiger partial charge in [-0.1, -0.05) is 12.0 Å². The zero-order valence-corrected chi connectivity index (χ0v) is 11.7. The van der Waals surface area contributed by atoms with E-state index in [2.05, 4.69) is 5.92 Å². The van der Waals surface area contributed by atoms with E-state index < -0.39 is 12.5 Å². The molecule has 102 valence electrons. The van der Waals surface area contributed by atoms with Crippen molar-refractivity contribution in [2.45, 2.75) is 13.0 Å². The predicted octanol–water partition coefficient (Wildman–Crippen LogP) is 1.88. The highest BCUT2D eigenvalue weighted by Gasteiger charge is 2.24. The van der Waals surface area contributed by atoms with Crippen molar-refractivity contribution in [1.29, 1.82) is 0 Å². The summed E-state index contributed by atoms with van der Waals surface area (Å²) in [6.07, 6.45) is 5.16. The van der Waals surface area contributed by atoms with Gasteiger partial charge in [-0.05, 0) is 18.4 Å². The molecule has 0 saturated carbocycles. The average molecular weight is 280 g/mol. The van der Waals surface area contributed by atoms with Crippen LogP contribution in [0.3, 0.4) is 0 Å². The highest BCUT2D eigenvalue weighted by molar-refractivity contribution is 7.10. The van der Waals surface area contributed by atoms with Crippen LogP contribution in [0.2, 0.25) is 0 Å². The molecule has 1 N–H and O–H groups in total. The number of carboxylic acid groups (broad SMARTS) is 1. The number of thiophene rings is 1. The smallest absolute Gasteiger partial charge is 0.323 e. The molecule has 1 aromatic heterocycles. The Kier molecular flexibility index (Phi) is 5.39. The SMILES string of the molecule is C#CCN(CC(=O)O)C(=O)N(C)C(C)c1cccs1. The molecule has 1 unspecified atom stereocenters. The second-order valence-corrected chi connectivity index (χ2v) is 5.02. The molecule has 0 aliphatic rings. The van der Waals surface area contributed by atoms with Gasteiger partial charge in [0.05, 0.1) is 12.6 Å². The summed E-state index contributed by atoms with van der Waals surface area (Å²) < 4.78 is 0. The van der Waals surface area contributed by atoms with Crippen LogP contribution in [-0.4, -0.2) is 47.0 Å². The molecule has 6 heteroatoms. The topological polar surface area (TPSA) is 60.9 Å². The summed E-state index contributed by atoms with van der Waals surface area (Å²) in [4.78, 5) is 26.6. The fourth-order valence-electron chi connectivity index (χ4n) is 1.57. The predicted molar refractivity (Wildman–Crippen MR) is 73.9 cm³/mol. The van der Waals surface area contributed by atoms with Crippen molar-refractivity contribution in [1.82, 2.24) is 9.80 Å². The Morgan fingerprint density at radius 3 is 2.74 bits per heavy atom. The van der Waals surface area contributed by atoms with Crippen LogP contribution in [-0.2, 0) is 4.79 Å². The van der Waals surface area contributed by atoms with Crippen molar-refractivity contribution < 1.29 is 14.7 Å². The minimum absolute atomic E-state index is 0.0212. The summed E-state index contributed by atoms with van der Waals surface area (Å²) in [6, 6.07) is 3.33. The minimum atomic E-state index is -1.08. The maximum Gasteiger partial charge on any atom is 0.323 e. The van der Waals surface area contributed by atoms with Gasteiger partial charge in [0.1, 0.15) is 6.54 Å². The standard InChI is InChI=1S/C13H16N2O3S/c1-4-7-15(9-12(16)17)13(18)14(3)10(2)11-6-5-8-19-11/h1,5-6,8,10H,7,9H2,2-3H3,(H,16,17). The van der Waals surface area contributed by atoms with Crippen LogP contribution < -0.4 is 0 Å². The molecule has 1 heterocycles. The Bertz CT molecular complexity index is 479. The van der Waals surface area contributed by atoms with Gasteiger partial charge in [0.2, 0.25) is 0 Å². The van der Waals surface area contributed by atoms with Crippen LogP contribution in [0.5, 0.6) is 0 Å². The second kappa shape index (κ2) is 6.81. The number of urea groups is 1. The van der Waals surface area contributed by atoms with Gasteiger partial charge < -0.3 is 14.9 Å². The molecule has 0 fully saturated rings. The summed E-state index contributed by atoms with van der Waals surface area (Å²) in [5.41, 5.74) is 0. The van der Waals surface area contributed by atoms with Crippen molar-refractivity contribution in [2.75, 3.05) is 20.1 Å². The monoisotopic (exact) mass is 280 g/mol. The number of hydrogen-bond acceptors (Lipinski definition) is 3. The molecule has 1 atom stereocenters. The van der Waals surface area contributed by atoms with Crippen LogP contribution in [0.1, 0.15) is 17.8 Å². The van der Waals surface area contributed by atoms with Crippen molar-refractivity contribution in [3.63, 3.8) is 0 Å². The Labute approximate surface area is 116 Å². The van der Waals surface area contributed by atoms with Crippen LogP contribution in [0, 0.1) is 12.3 Å². The molecule has 19 heavy (non-hydrogen) atoms. The van der Waals surface area contributed by atoms with E-state index in [1.165, 1.54) is 4.90 Å². The minimum Gasteiger partial charge on any atom is -0.480 e. The van der Waals surface area contributed by atoms with Gasteiger partial charge >= 0.3 is 12.0 Å². The molecule has 0 radical (unpaired) electrons. The van der Waals surface area contributed by atoms with E-state index in [0.29, 0.717) is 0 Å². The molecule has 0 aromatic carbocycles. The number of carbonyl (C=O) groups is 2. The molecule has 1 rings (SSSR count). The molecular formula is C13H16N2O3S. The van der Waals surface area contributed by atoms with E-state index in [1.807, 2.05) is 24.4 Å². The Balaban J connectivity index is 2.78. The van der Waals surface area contributed by atoms with E-state index in [1.54, 1.807) is 18.4 Å². The van der Waals surface area contributed by atoms with Gasteiger partial charge in [0.25, 0.3) is 0 Å². The molecule has 0 aliphatic heterocycles. The highest BCUT2D eigenvalue weighted by atomic mass is 32.1. The Morgan fingerprint density at radius 1 is 1.58 bits per heavy atom. The normalized spacial score (nSPS) is 11.4. The lowest BCUT2D eigenvalue weighted by Crippen LogP contribution is -2.44. The molecule has 1 aromatic rings. The first-order chi connectivity index (χ1) is 8.97. The van der Waals surface area contributed by atoms with Gasteiger partial charge in [-0.3, -0.25) is 4.79 Å². The number of carbonyl (C=O) groups excluding carboxylic acids is 1. The third-order valence-corrected chi connectivity index (χ3v) is 3.76. The zero-order valence-electron chi connectivity index (χ0n) is 10.9. The van der Waals surface area contributed by atoms with Crippen LogP contribution in [0.4, 0.5) is 4.79 Å². The third-order valence-electron chi connectivity index (χ3n) is 2.72.